The molecule has 248 valence electrons. The Kier molecular flexibility index (Phi) is 9.52. The highest BCUT2D eigenvalue weighted by Crippen LogP contribution is 2.31. The standard InChI is InChI=1S/C33H33F4N5O5/c1-32(2,3)47-28(43)18-21-16-22(34)9-10-24(21)38-30(44)20-8-11-27(41-12-14-46-15-13-41)25(17-20)39-31(45)29-23-6-4-5-7-26(23)42(40-29)19-33(35,36)37/h4-11,16-17H,12-15,18-19H2,1-3H3,(H,38,44)(H,39,45). The number of anilines is 3. The molecule has 1 saturated heterocycles. The van der Waals surface area contributed by atoms with Crippen molar-refractivity contribution in [1.82, 2.24) is 9.78 Å². The van der Waals surface area contributed by atoms with Crippen LogP contribution in [0.4, 0.5) is 34.6 Å². The molecule has 1 fully saturated rings. The summed E-state index contributed by atoms with van der Waals surface area (Å²) < 4.78 is 65.5. The molecule has 4 aromatic rings. The lowest BCUT2D eigenvalue weighted by Crippen LogP contribution is -2.37. The van der Waals surface area contributed by atoms with Crippen LogP contribution in [-0.4, -0.2) is 65.6 Å². The van der Waals surface area contributed by atoms with E-state index in [1.54, 1.807) is 45.0 Å². The zero-order valence-corrected chi connectivity index (χ0v) is 25.9. The minimum absolute atomic E-state index is 0.109. The summed E-state index contributed by atoms with van der Waals surface area (Å²) in [5.41, 5.74) is 0.427. The van der Waals surface area contributed by atoms with Crippen molar-refractivity contribution in [2.45, 2.75) is 45.5 Å². The van der Waals surface area contributed by atoms with E-state index < -0.39 is 41.9 Å². The monoisotopic (exact) mass is 655 g/mol. The van der Waals surface area contributed by atoms with Gasteiger partial charge in [0.05, 0.1) is 36.5 Å². The van der Waals surface area contributed by atoms with Gasteiger partial charge in [-0.25, -0.2) is 4.39 Å². The maximum absolute atomic E-state index is 14.1. The van der Waals surface area contributed by atoms with Crippen LogP contribution in [0.15, 0.2) is 60.7 Å². The van der Waals surface area contributed by atoms with E-state index in [-0.39, 0.29) is 45.5 Å². The van der Waals surface area contributed by atoms with E-state index in [0.29, 0.717) is 32.0 Å². The lowest BCUT2D eigenvalue weighted by Gasteiger charge is -2.30. The average Bonchev–Trinajstić information content (AvgIpc) is 3.35. The summed E-state index contributed by atoms with van der Waals surface area (Å²) in [6.07, 6.45) is -4.86. The van der Waals surface area contributed by atoms with Crippen LogP contribution in [0.3, 0.4) is 0 Å². The summed E-state index contributed by atoms with van der Waals surface area (Å²) in [4.78, 5) is 41.5. The molecule has 0 saturated carbocycles. The predicted octanol–water partition coefficient (Wildman–Crippen LogP) is 5.96. The van der Waals surface area contributed by atoms with Crippen LogP contribution in [0.5, 0.6) is 0 Å². The first-order valence-electron chi connectivity index (χ1n) is 14.8. The Bertz CT molecular complexity index is 1810. The number of benzene rings is 3. The number of fused-ring (bicyclic) bond motifs is 1. The zero-order valence-electron chi connectivity index (χ0n) is 25.9. The molecule has 1 aliphatic rings. The van der Waals surface area contributed by atoms with Crippen LogP contribution in [0.2, 0.25) is 0 Å². The minimum atomic E-state index is -4.56. The largest absolute Gasteiger partial charge is 0.460 e. The van der Waals surface area contributed by atoms with E-state index in [9.17, 15) is 31.9 Å². The number of amides is 2. The number of nitrogens with zero attached hydrogens (tertiary/aromatic N) is 3. The second-order valence-electron chi connectivity index (χ2n) is 11.9. The number of nitrogens with one attached hydrogen (secondary N) is 2. The number of hydrogen-bond acceptors (Lipinski definition) is 7. The van der Waals surface area contributed by atoms with E-state index in [4.69, 9.17) is 9.47 Å². The minimum Gasteiger partial charge on any atom is -0.460 e. The van der Waals surface area contributed by atoms with Gasteiger partial charge in [-0.2, -0.15) is 18.3 Å². The number of aromatic nitrogens is 2. The molecule has 14 heteroatoms. The van der Waals surface area contributed by atoms with Gasteiger partial charge < -0.3 is 25.0 Å². The number of morpholine rings is 1. The first kappa shape index (κ1) is 33.4. The molecule has 0 atom stereocenters. The fourth-order valence-corrected chi connectivity index (χ4v) is 5.18. The fourth-order valence-electron chi connectivity index (χ4n) is 5.18. The second kappa shape index (κ2) is 13.4. The highest BCUT2D eigenvalue weighted by molar-refractivity contribution is 6.13. The molecule has 0 aliphatic carbocycles. The lowest BCUT2D eigenvalue weighted by molar-refractivity contribution is -0.154. The van der Waals surface area contributed by atoms with Gasteiger partial charge in [0.25, 0.3) is 11.8 Å². The summed E-state index contributed by atoms with van der Waals surface area (Å²) in [6, 6.07) is 14.3. The SMILES string of the molecule is CC(C)(C)OC(=O)Cc1cc(F)ccc1NC(=O)c1ccc(N2CCOCC2)c(NC(=O)c2nn(CC(F)(F)F)c3ccccc23)c1. The number of hydrogen-bond donors (Lipinski definition) is 2. The normalized spacial score (nSPS) is 13.8. The molecule has 3 aromatic carbocycles. The molecular formula is C33H33F4N5O5. The third-order valence-electron chi connectivity index (χ3n) is 7.13. The predicted molar refractivity (Wildman–Crippen MR) is 167 cm³/mol. The van der Waals surface area contributed by atoms with Crippen molar-refractivity contribution in [3.63, 3.8) is 0 Å². The molecule has 0 bridgehead atoms. The van der Waals surface area contributed by atoms with E-state index in [0.717, 1.165) is 16.8 Å². The van der Waals surface area contributed by atoms with Gasteiger partial charge in [0.2, 0.25) is 0 Å². The van der Waals surface area contributed by atoms with Gasteiger partial charge in [0.1, 0.15) is 18.0 Å². The molecule has 10 nitrogen and oxygen atoms in total. The summed E-state index contributed by atoms with van der Waals surface area (Å²) >= 11 is 0. The third kappa shape index (κ3) is 8.44. The van der Waals surface area contributed by atoms with Crippen molar-refractivity contribution >= 4 is 45.7 Å². The van der Waals surface area contributed by atoms with Crippen LogP contribution < -0.4 is 15.5 Å². The highest BCUT2D eigenvalue weighted by atomic mass is 19.4. The van der Waals surface area contributed by atoms with Gasteiger partial charge in [0, 0.05) is 29.7 Å². The van der Waals surface area contributed by atoms with Gasteiger partial charge in [-0.15, -0.1) is 0 Å². The highest BCUT2D eigenvalue weighted by Gasteiger charge is 2.31. The fraction of sp³-hybridized carbons (Fsp3) is 0.333. The van der Waals surface area contributed by atoms with Crippen LogP contribution in [0.25, 0.3) is 10.9 Å². The number of carbonyl (C=O) groups excluding carboxylic acids is 3. The summed E-state index contributed by atoms with van der Waals surface area (Å²) in [5, 5.41) is 9.67. The van der Waals surface area contributed by atoms with Crippen LogP contribution >= 0.6 is 0 Å². The Balaban J connectivity index is 1.45. The van der Waals surface area contributed by atoms with Gasteiger partial charge >= 0.3 is 12.1 Å². The number of ether oxygens (including phenoxy) is 2. The molecule has 0 radical (unpaired) electrons. The van der Waals surface area contributed by atoms with Crippen molar-refractivity contribution in [1.29, 1.82) is 0 Å². The van der Waals surface area contributed by atoms with Gasteiger partial charge in [-0.05, 0) is 68.8 Å². The Morgan fingerprint density at radius 3 is 2.32 bits per heavy atom. The Labute approximate surface area is 267 Å². The number of alkyl halides is 3. The van der Waals surface area contributed by atoms with Crippen molar-refractivity contribution in [2.24, 2.45) is 0 Å². The summed E-state index contributed by atoms with van der Waals surface area (Å²) in [7, 11) is 0. The maximum atomic E-state index is 14.1. The van der Waals surface area contributed by atoms with Crippen molar-refractivity contribution in [3.05, 3.63) is 83.3 Å². The Morgan fingerprint density at radius 1 is 0.915 bits per heavy atom. The molecule has 2 N–H and O–H groups in total. The van der Waals surface area contributed by atoms with E-state index in [1.165, 1.54) is 24.3 Å². The molecule has 0 spiro atoms. The third-order valence-corrected chi connectivity index (χ3v) is 7.13. The number of esters is 1. The summed E-state index contributed by atoms with van der Waals surface area (Å²) in [6.45, 7) is 5.55. The average molecular weight is 656 g/mol. The number of carbonyl (C=O) groups is 3. The zero-order chi connectivity index (χ0) is 33.9. The van der Waals surface area contributed by atoms with E-state index in [1.807, 2.05) is 4.90 Å². The van der Waals surface area contributed by atoms with E-state index >= 15 is 0 Å². The van der Waals surface area contributed by atoms with Gasteiger partial charge in [-0.1, -0.05) is 18.2 Å². The number of para-hydroxylation sites is 1. The van der Waals surface area contributed by atoms with Crippen LogP contribution in [-0.2, 0) is 27.2 Å². The molecule has 2 amide bonds. The molecule has 0 unspecified atom stereocenters. The molecule has 47 heavy (non-hydrogen) atoms. The first-order valence-corrected chi connectivity index (χ1v) is 14.8. The molecule has 1 aromatic heterocycles. The number of halogens is 4. The van der Waals surface area contributed by atoms with Gasteiger partial charge in [-0.3, -0.25) is 19.1 Å². The van der Waals surface area contributed by atoms with E-state index in [2.05, 4.69) is 15.7 Å². The molecule has 5 rings (SSSR count). The second-order valence-corrected chi connectivity index (χ2v) is 11.9. The smallest absolute Gasteiger partial charge is 0.408 e. The van der Waals surface area contributed by atoms with Crippen LogP contribution in [0.1, 0.15) is 47.2 Å². The Morgan fingerprint density at radius 2 is 1.62 bits per heavy atom. The van der Waals surface area contributed by atoms with Crippen molar-refractivity contribution < 1.29 is 41.4 Å². The molecule has 1 aliphatic heterocycles. The first-order chi connectivity index (χ1) is 22.2. The quantitative estimate of drug-likeness (QED) is 0.178. The van der Waals surface area contributed by atoms with Crippen LogP contribution in [0, 0.1) is 5.82 Å². The maximum Gasteiger partial charge on any atom is 0.408 e. The van der Waals surface area contributed by atoms with Crippen molar-refractivity contribution in [3.8, 4) is 0 Å². The van der Waals surface area contributed by atoms with Crippen molar-refractivity contribution in [2.75, 3.05) is 41.8 Å². The summed E-state index contributed by atoms with van der Waals surface area (Å²) in [5.74, 6) is -2.60. The molecule has 2 heterocycles. The Hall–Kier alpha value is -4.98. The lowest BCUT2D eigenvalue weighted by atomic mass is 10.1. The topological polar surface area (TPSA) is 115 Å². The molecular weight excluding hydrogens is 622 g/mol. The van der Waals surface area contributed by atoms with Gasteiger partial charge in [0.15, 0.2) is 5.69 Å². The number of rotatable bonds is 8.